The molecule has 2 N–H and O–H groups in total. The molecule has 3 aromatic carbocycles. The van der Waals surface area contributed by atoms with E-state index < -0.39 is 17.7 Å². The standard InChI is InChI=1S/C25H20FN3O5/c1-33-21-8-5-9-22(34-2)23(21)20-14-19(28-29(20)16-12-10-15(26)11-13-16)24(30)27-18-7-4-3-6-17(18)25(31)32/h3-14H,1-2H3,(H,27,30)(H,31,32). The molecule has 1 amide bonds. The van der Waals surface area contributed by atoms with Gasteiger partial charge in [0.05, 0.1) is 42.4 Å². The number of hydrogen-bond donors (Lipinski definition) is 2. The van der Waals surface area contributed by atoms with Crippen LogP contribution in [-0.4, -0.2) is 41.0 Å². The van der Waals surface area contributed by atoms with E-state index in [9.17, 15) is 19.1 Å². The average Bonchev–Trinajstić information content (AvgIpc) is 3.29. The zero-order chi connectivity index (χ0) is 24.2. The van der Waals surface area contributed by atoms with Crippen LogP contribution in [0.3, 0.4) is 0 Å². The number of nitrogens with one attached hydrogen (secondary N) is 1. The number of anilines is 1. The Morgan fingerprint density at radius 3 is 2.21 bits per heavy atom. The summed E-state index contributed by atoms with van der Waals surface area (Å²) in [6, 6.07) is 18.4. The number of carbonyl (C=O) groups is 2. The Kier molecular flexibility index (Phi) is 6.26. The van der Waals surface area contributed by atoms with E-state index >= 15 is 0 Å². The maximum atomic E-state index is 13.6. The van der Waals surface area contributed by atoms with Crippen LogP contribution in [0.2, 0.25) is 0 Å². The van der Waals surface area contributed by atoms with Crippen molar-refractivity contribution in [2.24, 2.45) is 0 Å². The molecule has 0 fully saturated rings. The summed E-state index contributed by atoms with van der Waals surface area (Å²) in [4.78, 5) is 24.6. The molecule has 4 aromatic rings. The molecular formula is C25H20FN3O5. The van der Waals surface area contributed by atoms with Gasteiger partial charge in [-0.2, -0.15) is 5.10 Å². The summed E-state index contributed by atoms with van der Waals surface area (Å²) in [5, 5.41) is 16.4. The predicted octanol–water partition coefficient (Wildman–Crippen LogP) is 4.65. The number of hydrogen-bond acceptors (Lipinski definition) is 5. The second-order valence-corrected chi connectivity index (χ2v) is 7.15. The summed E-state index contributed by atoms with van der Waals surface area (Å²) in [6.45, 7) is 0. The monoisotopic (exact) mass is 461 g/mol. The van der Waals surface area contributed by atoms with E-state index in [1.54, 1.807) is 30.3 Å². The molecule has 0 unspecified atom stereocenters. The molecule has 0 bridgehead atoms. The number of ether oxygens (including phenoxy) is 2. The van der Waals surface area contributed by atoms with Gasteiger partial charge in [0.2, 0.25) is 0 Å². The lowest BCUT2D eigenvalue weighted by Crippen LogP contribution is -2.15. The second kappa shape index (κ2) is 9.45. The van der Waals surface area contributed by atoms with Gasteiger partial charge < -0.3 is 19.9 Å². The number of aromatic carboxylic acids is 1. The lowest BCUT2D eigenvalue weighted by molar-refractivity contribution is 0.0698. The van der Waals surface area contributed by atoms with E-state index in [4.69, 9.17) is 9.47 Å². The Morgan fingerprint density at radius 1 is 0.941 bits per heavy atom. The molecule has 1 aromatic heterocycles. The average molecular weight is 461 g/mol. The van der Waals surface area contributed by atoms with Crippen molar-refractivity contribution in [3.63, 3.8) is 0 Å². The predicted molar refractivity (Wildman–Crippen MR) is 123 cm³/mol. The SMILES string of the molecule is COc1cccc(OC)c1-c1cc(C(=O)Nc2ccccc2C(=O)O)nn1-c1ccc(F)cc1. The first kappa shape index (κ1) is 22.5. The minimum absolute atomic E-state index is 0.00692. The van der Waals surface area contributed by atoms with Crippen LogP contribution in [0, 0.1) is 5.82 Å². The van der Waals surface area contributed by atoms with Crippen molar-refractivity contribution < 1.29 is 28.6 Å². The van der Waals surface area contributed by atoms with Gasteiger partial charge in [0, 0.05) is 0 Å². The third kappa shape index (κ3) is 4.31. The first-order valence-corrected chi connectivity index (χ1v) is 10.1. The van der Waals surface area contributed by atoms with Crippen LogP contribution in [0.5, 0.6) is 11.5 Å². The minimum atomic E-state index is -1.17. The first-order chi connectivity index (χ1) is 16.4. The summed E-state index contributed by atoms with van der Waals surface area (Å²) < 4.78 is 26.1. The van der Waals surface area contributed by atoms with Crippen molar-refractivity contribution in [3.05, 3.63) is 89.9 Å². The number of halogens is 1. The molecule has 9 heteroatoms. The molecule has 1 heterocycles. The zero-order valence-corrected chi connectivity index (χ0v) is 18.3. The van der Waals surface area contributed by atoms with Gasteiger partial charge in [-0.25, -0.2) is 13.9 Å². The molecule has 0 spiro atoms. The quantitative estimate of drug-likeness (QED) is 0.416. The van der Waals surface area contributed by atoms with Gasteiger partial charge >= 0.3 is 5.97 Å². The number of benzene rings is 3. The number of nitrogens with zero attached hydrogens (tertiary/aromatic N) is 2. The molecule has 34 heavy (non-hydrogen) atoms. The Bertz CT molecular complexity index is 1340. The maximum absolute atomic E-state index is 13.6. The van der Waals surface area contributed by atoms with Gasteiger partial charge in [-0.1, -0.05) is 18.2 Å². The molecule has 0 radical (unpaired) electrons. The third-order valence-corrected chi connectivity index (χ3v) is 5.10. The van der Waals surface area contributed by atoms with Gasteiger partial charge in [0.25, 0.3) is 5.91 Å². The summed E-state index contributed by atoms with van der Waals surface area (Å²) >= 11 is 0. The van der Waals surface area contributed by atoms with Crippen molar-refractivity contribution in [3.8, 4) is 28.4 Å². The highest BCUT2D eigenvalue weighted by atomic mass is 19.1. The van der Waals surface area contributed by atoms with Gasteiger partial charge in [-0.05, 0) is 54.6 Å². The molecule has 4 rings (SSSR count). The van der Waals surface area contributed by atoms with E-state index in [-0.39, 0.29) is 16.9 Å². The minimum Gasteiger partial charge on any atom is -0.496 e. The number of carboxylic acids is 1. The van der Waals surface area contributed by atoms with Crippen LogP contribution in [0.25, 0.3) is 16.9 Å². The number of para-hydroxylation sites is 1. The topological polar surface area (TPSA) is 103 Å². The summed E-state index contributed by atoms with van der Waals surface area (Å²) in [5.41, 5.74) is 1.57. The van der Waals surface area contributed by atoms with Gasteiger partial charge in [0.1, 0.15) is 17.3 Å². The molecule has 0 atom stereocenters. The number of amides is 1. The highest BCUT2D eigenvalue weighted by Gasteiger charge is 2.23. The lowest BCUT2D eigenvalue weighted by Gasteiger charge is -2.14. The fraction of sp³-hybridized carbons (Fsp3) is 0.0800. The Labute approximate surface area is 194 Å². The fourth-order valence-corrected chi connectivity index (χ4v) is 3.52. The van der Waals surface area contributed by atoms with Crippen LogP contribution in [0.15, 0.2) is 72.8 Å². The normalized spacial score (nSPS) is 10.6. The Morgan fingerprint density at radius 2 is 1.59 bits per heavy atom. The van der Waals surface area contributed by atoms with Crippen LogP contribution >= 0.6 is 0 Å². The Hall–Kier alpha value is -4.66. The van der Waals surface area contributed by atoms with Crippen molar-refractivity contribution in [1.82, 2.24) is 9.78 Å². The van der Waals surface area contributed by atoms with Crippen LogP contribution in [0.4, 0.5) is 10.1 Å². The van der Waals surface area contributed by atoms with Crippen LogP contribution < -0.4 is 14.8 Å². The van der Waals surface area contributed by atoms with Crippen molar-refractivity contribution in [2.75, 3.05) is 19.5 Å². The second-order valence-electron chi connectivity index (χ2n) is 7.15. The third-order valence-electron chi connectivity index (χ3n) is 5.10. The summed E-state index contributed by atoms with van der Waals surface area (Å²) in [5.74, 6) is -1.26. The number of carbonyl (C=O) groups excluding carboxylic acids is 1. The number of methoxy groups -OCH3 is 2. The molecule has 0 saturated heterocycles. The molecule has 0 aliphatic carbocycles. The van der Waals surface area contributed by atoms with Crippen LogP contribution in [-0.2, 0) is 0 Å². The van der Waals surface area contributed by atoms with Gasteiger partial charge in [-0.3, -0.25) is 4.79 Å². The molecule has 0 aliphatic heterocycles. The summed E-state index contributed by atoms with van der Waals surface area (Å²) in [7, 11) is 3.01. The molecule has 0 saturated carbocycles. The summed E-state index contributed by atoms with van der Waals surface area (Å²) in [6.07, 6.45) is 0. The fourth-order valence-electron chi connectivity index (χ4n) is 3.52. The molecule has 8 nitrogen and oxygen atoms in total. The van der Waals surface area contributed by atoms with Gasteiger partial charge in [0.15, 0.2) is 5.69 Å². The van der Waals surface area contributed by atoms with Crippen LogP contribution in [0.1, 0.15) is 20.8 Å². The van der Waals surface area contributed by atoms with E-state index in [1.807, 2.05) is 0 Å². The number of aromatic nitrogens is 2. The first-order valence-electron chi connectivity index (χ1n) is 10.1. The highest BCUT2D eigenvalue weighted by molar-refractivity contribution is 6.07. The van der Waals surface area contributed by atoms with E-state index in [1.165, 1.54) is 61.4 Å². The molecule has 0 aliphatic rings. The lowest BCUT2D eigenvalue weighted by atomic mass is 10.1. The molecule has 172 valence electrons. The van der Waals surface area contributed by atoms with E-state index in [0.717, 1.165) is 0 Å². The highest BCUT2D eigenvalue weighted by Crippen LogP contribution is 2.39. The number of carboxylic acid groups (broad SMARTS) is 1. The van der Waals surface area contributed by atoms with E-state index in [2.05, 4.69) is 10.4 Å². The smallest absolute Gasteiger partial charge is 0.337 e. The largest absolute Gasteiger partial charge is 0.496 e. The Balaban J connectivity index is 1.85. The van der Waals surface area contributed by atoms with E-state index in [0.29, 0.717) is 28.4 Å². The maximum Gasteiger partial charge on any atom is 0.337 e. The zero-order valence-electron chi connectivity index (χ0n) is 18.3. The number of rotatable bonds is 7. The molecular weight excluding hydrogens is 441 g/mol. The van der Waals surface area contributed by atoms with Crippen molar-refractivity contribution >= 4 is 17.6 Å². The van der Waals surface area contributed by atoms with Crippen molar-refractivity contribution in [1.29, 1.82) is 0 Å². The van der Waals surface area contributed by atoms with Crippen molar-refractivity contribution in [2.45, 2.75) is 0 Å². The van der Waals surface area contributed by atoms with Gasteiger partial charge in [-0.15, -0.1) is 0 Å².